The minimum atomic E-state index is -0.996. The van der Waals surface area contributed by atoms with Gasteiger partial charge in [-0.15, -0.1) is 12.4 Å². The molecule has 2 N–H and O–H groups in total. The van der Waals surface area contributed by atoms with Crippen molar-refractivity contribution < 1.29 is 14.3 Å². The first-order valence-electron chi connectivity index (χ1n) is 7.50. The normalized spacial score (nSPS) is 10.3. The molecule has 0 amide bonds. The monoisotopic (exact) mass is 377 g/mol. The second-order valence-electron chi connectivity index (χ2n) is 5.35. The molecule has 0 bridgehead atoms. The smallest absolute Gasteiger partial charge is 0.335 e. The van der Waals surface area contributed by atoms with E-state index in [1.165, 1.54) is 17.7 Å². The molecule has 3 rings (SSSR count). The maximum absolute atomic E-state index is 11.1. The maximum atomic E-state index is 11.1. The van der Waals surface area contributed by atoms with Crippen molar-refractivity contribution in [3.05, 3.63) is 82.6 Å². The van der Waals surface area contributed by atoms with Crippen molar-refractivity contribution in [2.24, 2.45) is 0 Å². The van der Waals surface area contributed by atoms with Crippen molar-refractivity contribution >= 4 is 30.0 Å². The number of benzene rings is 2. The third kappa shape index (κ3) is 4.86. The van der Waals surface area contributed by atoms with Gasteiger partial charge in [0.25, 0.3) is 0 Å². The van der Waals surface area contributed by atoms with E-state index in [9.17, 15) is 4.79 Å². The Kier molecular flexibility index (Phi) is 6.65. The van der Waals surface area contributed by atoms with Crippen LogP contribution in [0.2, 0.25) is 5.02 Å². The zero-order chi connectivity index (χ0) is 16.9. The van der Waals surface area contributed by atoms with Crippen LogP contribution >= 0.6 is 24.0 Å². The Morgan fingerprint density at radius 1 is 1.04 bits per heavy atom. The van der Waals surface area contributed by atoms with E-state index in [-0.39, 0.29) is 18.0 Å². The van der Waals surface area contributed by atoms with E-state index in [0.717, 1.165) is 12.3 Å². The highest BCUT2D eigenvalue weighted by Crippen LogP contribution is 2.30. The second-order valence-corrected chi connectivity index (χ2v) is 5.76. The van der Waals surface area contributed by atoms with Gasteiger partial charge in [0.05, 0.1) is 17.1 Å². The van der Waals surface area contributed by atoms with Gasteiger partial charge in [-0.2, -0.15) is 0 Å². The Bertz CT molecular complexity index is 847. The molecule has 4 nitrogen and oxygen atoms in total. The molecule has 0 spiro atoms. The number of carboxylic acids is 1. The Hall–Kier alpha value is -2.27. The SMILES string of the molecule is Cl.O=C(O)c1ccc(Cl)c(-c2ccc(CNCc3ccccc3)o2)c1. The molecule has 0 aliphatic heterocycles. The fourth-order valence-corrected chi connectivity index (χ4v) is 2.60. The number of aromatic carboxylic acids is 1. The Labute approximate surface area is 156 Å². The van der Waals surface area contributed by atoms with Gasteiger partial charge in [-0.3, -0.25) is 0 Å². The number of rotatable bonds is 6. The molecule has 0 aliphatic carbocycles. The number of nitrogens with one attached hydrogen (secondary N) is 1. The van der Waals surface area contributed by atoms with E-state index < -0.39 is 5.97 Å². The number of carboxylic acid groups (broad SMARTS) is 1. The van der Waals surface area contributed by atoms with Crippen LogP contribution in [-0.2, 0) is 13.1 Å². The molecule has 25 heavy (non-hydrogen) atoms. The van der Waals surface area contributed by atoms with Gasteiger partial charge in [-0.05, 0) is 35.9 Å². The van der Waals surface area contributed by atoms with E-state index in [2.05, 4.69) is 17.4 Å². The second kappa shape index (κ2) is 8.72. The Morgan fingerprint density at radius 2 is 1.80 bits per heavy atom. The molecule has 3 aromatic rings. The van der Waals surface area contributed by atoms with Crippen LogP contribution in [0.1, 0.15) is 21.7 Å². The molecule has 0 saturated heterocycles. The first-order valence-corrected chi connectivity index (χ1v) is 7.88. The molecule has 2 aromatic carbocycles. The molecule has 130 valence electrons. The molecule has 0 radical (unpaired) electrons. The van der Waals surface area contributed by atoms with Crippen LogP contribution in [-0.4, -0.2) is 11.1 Å². The number of furan rings is 1. The highest BCUT2D eigenvalue weighted by Gasteiger charge is 2.12. The molecule has 0 saturated carbocycles. The third-order valence-electron chi connectivity index (χ3n) is 3.61. The molecule has 1 heterocycles. The minimum absolute atomic E-state index is 0. The van der Waals surface area contributed by atoms with Crippen molar-refractivity contribution in [1.29, 1.82) is 0 Å². The highest BCUT2D eigenvalue weighted by atomic mass is 35.5. The predicted molar refractivity (Wildman–Crippen MR) is 100 cm³/mol. The van der Waals surface area contributed by atoms with Crippen LogP contribution in [0.4, 0.5) is 0 Å². The summed E-state index contributed by atoms with van der Waals surface area (Å²) in [5, 5.41) is 12.9. The van der Waals surface area contributed by atoms with Crippen molar-refractivity contribution in [2.75, 3.05) is 0 Å². The highest BCUT2D eigenvalue weighted by molar-refractivity contribution is 6.33. The van der Waals surface area contributed by atoms with Crippen molar-refractivity contribution in [3.63, 3.8) is 0 Å². The molecule has 6 heteroatoms. The standard InChI is InChI=1S/C19H16ClNO3.ClH/c20-17-8-6-14(19(22)23)10-16(17)18-9-7-15(24-18)12-21-11-13-4-2-1-3-5-13;/h1-10,21H,11-12H2,(H,22,23);1H. The zero-order valence-corrected chi connectivity index (χ0v) is 14.8. The predicted octanol–water partition coefficient (Wildman–Crippen LogP) is 5.01. The average molecular weight is 378 g/mol. The molecular formula is C19H17Cl2NO3. The fourth-order valence-electron chi connectivity index (χ4n) is 2.39. The quantitative estimate of drug-likeness (QED) is 0.633. The molecule has 0 aliphatic rings. The summed E-state index contributed by atoms with van der Waals surface area (Å²) in [5.74, 6) is 0.321. The van der Waals surface area contributed by atoms with Crippen LogP contribution in [0, 0.1) is 0 Å². The van der Waals surface area contributed by atoms with Crippen LogP contribution < -0.4 is 5.32 Å². The van der Waals surface area contributed by atoms with Crippen molar-refractivity contribution in [2.45, 2.75) is 13.1 Å². The van der Waals surface area contributed by atoms with E-state index in [1.54, 1.807) is 12.1 Å². The topological polar surface area (TPSA) is 62.5 Å². The number of hydrogen-bond acceptors (Lipinski definition) is 3. The summed E-state index contributed by atoms with van der Waals surface area (Å²) in [6, 6.07) is 18.3. The molecule has 1 aromatic heterocycles. The lowest BCUT2D eigenvalue weighted by molar-refractivity contribution is 0.0697. The van der Waals surface area contributed by atoms with Gasteiger partial charge in [0.2, 0.25) is 0 Å². The fraction of sp³-hybridized carbons (Fsp3) is 0.105. The Morgan fingerprint density at radius 3 is 2.52 bits per heavy atom. The number of halogens is 2. The summed E-state index contributed by atoms with van der Waals surface area (Å²) in [6.45, 7) is 1.32. The molecular weight excluding hydrogens is 361 g/mol. The average Bonchev–Trinajstić information content (AvgIpc) is 3.04. The van der Waals surface area contributed by atoms with Gasteiger partial charge in [0.1, 0.15) is 11.5 Å². The summed E-state index contributed by atoms with van der Waals surface area (Å²) in [6.07, 6.45) is 0. The summed E-state index contributed by atoms with van der Waals surface area (Å²) in [7, 11) is 0. The first-order chi connectivity index (χ1) is 11.6. The van der Waals surface area contributed by atoms with Gasteiger partial charge >= 0.3 is 5.97 Å². The van der Waals surface area contributed by atoms with Gasteiger partial charge in [-0.1, -0.05) is 41.9 Å². The molecule has 0 fully saturated rings. The number of carbonyl (C=O) groups is 1. The van der Waals surface area contributed by atoms with Crippen LogP contribution in [0.5, 0.6) is 0 Å². The van der Waals surface area contributed by atoms with Crippen molar-refractivity contribution in [1.82, 2.24) is 5.32 Å². The van der Waals surface area contributed by atoms with Gasteiger partial charge in [-0.25, -0.2) is 4.79 Å². The van der Waals surface area contributed by atoms with Crippen LogP contribution in [0.3, 0.4) is 0 Å². The van der Waals surface area contributed by atoms with Crippen molar-refractivity contribution in [3.8, 4) is 11.3 Å². The molecule has 0 atom stereocenters. The third-order valence-corrected chi connectivity index (χ3v) is 3.94. The summed E-state index contributed by atoms with van der Waals surface area (Å²) < 4.78 is 5.78. The summed E-state index contributed by atoms with van der Waals surface area (Å²) in [4.78, 5) is 11.1. The van der Waals surface area contributed by atoms with E-state index in [1.807, 2.05) is 24.3 Å². The van der Waals surface area contributed by atoms with E-state index in [4.69, 9.17) is 21.1 Å². The largest absolute Gasteiger partial charge is 0.478 e. The lowest BCUT2D eigenvalue weighted by Gasteiger charge is -2.04. The van der Waals surface area contributed by atoms with Gasteiger partial charge in [0.15, 0.2) is 0 Å². The van der Waals surface area contributed by atoms with Crippen LogP contribution in [0.15, 0.2) is 65.1 Å². The lowest BCUT2D eigenvalue weighted by atomic mass is 10.1. The summed E-state index contributed by atoms with van der Waals surface area (Å²) in [5.41, 5.74) is 1.95. The Balaban J connectivity index is 0.00000225. The summed E-state index contributed by atoms with van der Waals surface area (Å²) >= 11 is 6.16. The van der Waals surface area contributed by atoms with E-state index >= 15 is 0 Å². The molecule has 0 unspecified atom stereocenters. The van der Waals surface area contributed by atoms with E-state index in [0.29, 0.717) is 22.9 Å². The van der Waals surface area contributed by atoms with Gasteiger partial charge in [0, 0.05) is 12.1 Å². The first kappa shape index (κ1) is 19.1. The maximum Gasteiger partial charge on any atom is 0.335 e. The zero-order valence-electron chi connectivity index (χ0n) is 13.2. The number of hydrogen-bond donors (Lipinski definition) is 2. The van der Waals surface area contributed by atoms with Crippen LogP contribution in [0.25, 0.3) is 11.3 Å². The van der Waals surface area contributed by atoms with Gasteiger partial charge < -0.3 is 14.8 Å². The minimum Gasteiger partial charge on any atom is -0.478 e. The lowest BCUT2D eigenvalue weighted by Crippen LogP contribution is -2.11.